The van der Waals surface area contributed by atoms with Gasteiger partial charge in [-0.1, -0.05) is 19.8 Å². The van der Waals surface area contributed by atoms with E-state index in [0.717, 1.165) is 5.75 Å². The Morgan fingerprint density at radius 2 is 1.82 bits per heavy atom. The molecule has 0 fully saturated rings. The van der Waals surface area contributed by atoms with Crippen LogP contribution in [0.15, 0.2) is 0 Å². The summed E-state index contributed by atoms with van der Waals surface area (Å²) in [6.45, 7) is 2.20. The molecule has 0 spiro atoms. The van der Waals surface area contributed by atoms with Crippen molar-refractivity contribution in [3.05, 3.63) is 0 Å². The summed E-state index contributed by atoms with van der Waals surface area (Å²) in [5, 5.41) is 0.497. The average molecular weight is 241 g/mol. The van der Waals surface area contributed by atoms with Crippen molar-refractivity contribution in [1.29, 1.82) is 0 Å². The van der Waals surface area contributed by atoms with Crippen molar-refractivity contribution in [3.8, 4) is 0 Å². The van der Waals surface area contributed by atoms with Gasteiger partial charge in [-0.2, -0.15) is 0 Å². The van der Waals surface area contributed by atoms with Gasteiger partial charge >= 0.3 is 5.11 Å². The van der Waals surface area contributed by atoms with Gasteiger partial charge in [0.1, 0.15) is 0 Å². The number of halogens is 1. The number of hydrogen-bond donors (Lipinski definition) is 2. The second-order valence-corrected chi connectivity index (χ2v) is 3.48. The van der Waals surface area contributed by atoms with Crippen LogP contribution in [0.2, 0.25) is 0 Å². The van der Waals surface area contributed by atoms with E-state index < -0.39 is 0 Å². The summed E-state index contributed by atoms with van der Waals surface area (Å²) in [7, 11) is 0. The first-order chi connectivity index (χ1) is 4.77. The molecule has 0 aliphatic heterocycles. The minimum atomic E-state index is 0. The molecule has 2 nitrogen and oxygen atoms in total. The molecule has 11 heavy (non-hydrogen) atoms. The van der Waals surface area contributed by atoms with E-state index in [1.165, 1.54) is 25.7 Å². The Bertz CT molecular complexity index is 103. The van der Waals surface area contributed by atoms with E-state index in [-0.39, 0.29) is 17.0 Å². The molecule has 0 radical (unpaired) electrons. The molecule has 4 heteroatoms. The second-order valence-electron chi connectivity index (χ2n) is 2.31. The van der Waals surface area contributed by atoms with Gasteiger partial charge in [-0.3, -0.25) is 0 Å². The molecule has 4 N–H and O–H groups in total. The summed E-state index contributed by atoms with van der Waals surface area (Å²) in [5.41, 5.74) is 10.5. The number of nitrogens with two attached hydrogens (primary N) is 2. The second kappa shape index (κ2) is 10.5. The number of hydrogen-bond acceptors (Lipinski definition) is 0. The van der Waals surface area contributed by atoms with Crippen molar-refractivity contribution in [1.82, 2.24) is 0 Å². The first-order valence-corrected chi connectivity index (χ1v) is 4.76. The lowest BCUT2D eigenvalue weighted by atomic mass is 10.2. The number of unbranched alkanes of at least 4 members (excludes halogenated alkanes) is 3. The predicted octanol–water partition coefficient (Wildman–Crippen LogP) is -2.34. The summed E-state index contributed by atoms with van der Waals surface area (Å²) in [6.07, 6.45) is 5.14. The first-order valence-electron chi connectivity index (χ1n) is 3.78. The van der Waals surface area contributed by atoms with Crippen LogP contribution in [0, 0.1) is 0 Å². The van der Waals surface area contributed by atoms with E-state index in [9.17, 15) is 0 Å². The Morgan fingerprint density at radius 3 is 2.27 bits per heavy atom. The van der Waals surface area contributed by atoms with Crippen LogP contribution >= 0.6 is 0 Å². The topological polar surface area (TPSA) is 52.0 Å². The van der Waals surface area contributed by atoms with Gasteiger partial charge in [0, 0.05) is 6.42 Å². The molecule has 0 aromatic rings. The zero-order chi connectivity index (χ0) is 7.82. The van der Waals surface area contributed by atoms with E-state index >= 15 is 0 Å². The maximum Gasteiger partial charge on any atom is 0.314 e. The van der Waals surface area contributed by atoms with Crippen LogP contribution in [0.25, 0.3) is 0 Å². The van der Waals surface area contributed by atoms with Gasteiger partial charge in [-0.25, -0.2) is 11.5 Å². The van der Waals surface area contributed by atoms with Crippen LogP contribution in [0.3, 0.4) is 0 Å². The van der Waals surface area contributed by atoms with Crippen molar-refractivity contribution in [3.63, 3.8) is 0 Å². The third-order valence-electron chi connectivity index (χ3n) is 1.27. The summed E-state index contributed by atoms with van der Waals surface area (Å²) in [4.78, 5) is 0. The van der Waals surface area contributed by atoms with Gasteiger partial charge in [-0.05, 0) is 6.42 Å². The fourth-order valence-electron chi connectivity index (χ4n) is 0.719. The third kappa shape index (κ3) is 13.5. The summed E-state index contributed by atoms with van der Waals surface area (Å²) < 4.78 is 0. The molecule has 68 valence electrons. The standard InChI is InChI=1S/C7H17N2S.BrH/c1-2-3-4-5-6-10-7(8)9;/h2-6,8-9H2,1H3;1H/q+1;/p-1. The molecule has 0 rings (SSSR count). The Morgan fingerprint density at radius 1 is 1.18 bits per heavy atom. The van der Waals surface area contributed by atoms with Crippen molar-refractivity contribution in [2.45, 2.75) is 32.6 Å². The lowest BCUT2D eigenvalue weighted by molar-refractivity contribution is -0.00000241. The summed E-state index contributed by atoms with van der Waals surface area (Å²) in [5.74, 6) is 1.07. The van der Waals surface area contributed by atoms with Crippen LogP contribution < -0.4 is 28.4 Å². The zero-order valence-electron chi connectivity index (χ0n) is 6.98. The average Bonchev–Trinajstić information content (AvgIpc) is 1.87. The minimum absolute atomic E-state index is 0. The van der Waals surface area contributed by atoms with Gasteiger partial charge in [0.15, 0.2) is 5.75 Å². The molecule has 0 aromatic carbocycles. The van der Waals surface area contributed by atoms with Crippen LogP contribution in [-0.4, -0.2) is 10.9 Å². The smallest absolute Gasteiger partial charge is 0.314 e. The predicted molar refractivity (Wildman–Crippen MR) is 49.8 cm³/mol. The first kappa shape index (κ1) is 14.0. The molecule has 0 atom stereocenters. The largest absolute Gasteiger partial charge is 1.00 e. The molecule has 0 aliphatic rings. The SMILES string of the molecule is CCCCCC[S+]=C(N)N.[Br-]. The van der Waals surface area contributed by atoms with E-state index in [0.29, 0.717) is 5.11 Å². The molecule has 0 amide bonds. The van der Waals surface area contributed by atoms with Crippen LogP contribution in [0.1, 0.15) is 32.6 Å². The fraction of sp³-hybridized carbons (Fsp3) is 0.857. The van der Waals surface area contributed by atoms with Crippen molar-refractivity contribution in [2.75, 3.05) is 5.75 Å². The van der Waals surface area contributed by atoms with Gasteiger partial charge in [0.2, 0.25) is 11.4 Å². The molecule has 0 aliphatic carbocycles. The van der Waals surface area contributed by atoms with E-state index in [2.05, 4.69) is 6.92 Å². The highest BCUT2D eigenvalue weighted by molar-refractivity contribution is 7.78. The zero-order valence-corrected chi connectivity index (χ0v) is 9.38. The molecule has 0 bridgehead atoms. The molecular weight excluding hydrogens is 224 g/mol. The highest BCUT2D eigenvalue weighted by Crippen LogP contribution is 1.97. The maximum atomic E-state index is 5.26. The maximum absolute atomic E-state index is 5.26. The minimum Gasteiger partial charge on any atom is -1.00 e. The molecule has 0 aromatic heterocycles. The molecular formula is C7H17BrN2S. The van der Waals surface area contributed by atoms with Crippen LogP contribution in [0.4, 0.5) is 0 Å². The van der Waals surface area contributed by atoms with E-state index in [1.807, 2.05) is 0 Å². The quantitative estimate of drug-likeness (QED) is 0.322. The normalized spacial score (nSPS) is 8.64. The van der Waals surface area contributed by atoms with E-state index in [4.69, 9.17) is 11.5 Å². The fourth-order valence-corrected chi connectivity index (χ4v) is 1.30. The molecule has 0 heterocycles. The van der Waals surface area contributed by atoms with Crippen molar-refractivity contribution < 1.29 is 17.0 Å². The molecule has 0 unspecified atom stereocenters. The highest BCUT2D eigenvalue weighted by atomic mass is 79.9. The molecule has 0 saturated heterocycles. The van der Waals surface area contributed by atoms with Crippen LogP contribution in [0.5, 0.6) is 0 Å². The van der Waals surface area contributed by atoms with E-state index in [1.54, 1.807) is 11.4 Å². The lowest BCUT2D eigenvalue weighted by Crippen LogP contribution is -3.00. The van der Waals surface area contributed by atoms with Gasteiger partial charge in [0.25, 0.3) is 0 Å². The Hall–Kier alpha value is 0.490. The Balaban J connectivity index is 0. The summed E-state index contributed by atoms with van der Waals surface area (Å²) in [6, 6.07) is 0. The highest BCUT2D eigenvalue weighted by Gasteiger charge is 1.97. The molecule has 0 saturated carbocycles. The van der Waals surface area contributed by atoms with Crippen molar-refractivity contribution >= 4 is 16.5 Å². The number of rotatable bonds is 5. The van der Waals surface area contributed by atoms with Gasteiger partial charge in [0.05, 0.1) is 0 Å². The Kier molecular flexibility index (Phi) is 13.4. The lowest BCUT2D eigenvalue weighted by Gasteiger charge is -1.87. The van der Waals surface area contributed by atoms with Crippen molar-refractivity contribution in [2.24, 2.45) is 11.5 Å². The van der Waals surface area contributed by atoms with Crippen LogP contribution in [-0.2, 0) is 11.4 Å². The van der Waals surface area contributed by atoms with Gasteiger partial charge in [-0.15, -0.1) is 0 Å². The monoisotopic (exact) mass is 240 g/mol. The summed E-state index contributed by atoms with van der Waals surface area (Å²) >= 11 is 1.55. The van der Waals surface area contributed by atoms with Gasteiger partial charge < -0.3 is 17.0 Å². The Labute approximate surface area is 83.4 Å². The third-order valence-corrected chi connectivity index (χ3v) is 2.09.